The maximum Gasteiger partial charge on any atom is 0.00602 e. The van der Waals surface area contributed by atoms with Gasteiger partial charge in [0, 0.05) is 5.92 Å². The van der Waals surface area contributed by atoms with Crippen LogP contribution in [0.2, 0.25) is 0 Å². The van der Waals surface area contributed by atoms with Gasteiger partial charge in [-0.05, 0) is 47.9 Å². The van der Waals surface area contributed by atoms with Gasteiger partial charge < -0.3 is 0 Å². The van der Waals surface area contributed by atoms with Crippen molar-refractivity contribution in [1.82, 2.24) is 0 Å². The predicted molar refractivity (Wildman–Crippen MR) is 94.8 cm³/mol. The average molecular weight is 284 g/mol. The smallest absolute Gasteiger partial charge is 0.00602 e. The lowest BCUT2D eigenvalue weighted by atomic mass is 9.88. The largest absolute Gasteiger partial charge is 0.0653 e. The number of hydrogen-bond acceptors (Lipinski definition) is 0. The van der Waals surface area contributed by atoms with Crippen LogP contribution in [-0.2, 0) is 6.42 Å². The quantitative estimate of drug-likeness (QED) is 0.487. The molecule has 1 aliphatic rings. The molecule has 0 N–H and O–H groups in total. The molecule has 0 aromatic heterocycles. The third-order valence-electron chi connectivity index (χ3n) is 4.78. The molecule has 0 bridgehead atoms. The van der Waals surface area contributed by atoms with Crippen molar-refractivity contribution in [2.45, 2.75) is 85.0 Å². The Morgan fingerprint density at radius 2 is 1.52 bits per heavy atom. The first-order valence-electron chi connectivity index (χ1n) is 9.12. The van der Waals surface area contributed by atoms with Crippen LogP contribution in [0.5, 0.6) is 0 Å². The van der Waals surface area contributed by atoms with Gasteiger partial charge in [-0.25, -0.2) is 0 Å². The van der Waals surface area contributed by atoms with Gasteiger partial charge in [0.15, 0.2) is 0 Å². The highest BCUT2D eigenvalue weighted by Crippen LogP contribution is 2.49. The van der Waals surface area contributed by atoms with Gasteiger partial charge in [-0.3, -0.25) is 0 Å². The van der Waals surface area contributed by atoms with E-state index in [9.17, 15) is 0 Å². The van der Waals surface area contributed by atoms with Crippen LogP contribution in [0.15, 0.2) is 23.8 Å². The van der Waals surface area contributed by atoms with Crippen molar-refractivity contribution < 1.29 is 0 Å². The Morgan fingerprint density at radius 1 is 0.810 bits per heavy atom. The van der Waals surface area contributed by atoms with E-state index in [0.717, 1.165) is 0 Å². The van der Waals surface area contributed by atoms with Gasteiger partial charge in [-0.1, -0.05) is 77.2 Å². The summed E-state index contributed by atoms with van der Waals surface area (Å²) in [6.45, 7) is 9.28. The van der Waals surface area contributed by atoms with E-state index in [1.54, 1.807) is 27.8 Å². The Labute approximate surface area is 131 Å². The molecule has 0 heteroatoms. The summed E-state index contributed by atoms with van der Waals surface area (Å²) in [5.41, 5.74) is 8.40. The molecule has 0 nitrogen and oxygen atoms in total. The molecule has 0 aliphatic heterocycles. The molecule has 1 unspecified atom stereocenters. The van der Waals surface area contributed by atoms with E-state index in [2.05, 4.69) is 45.9 Å². The second kappa shape index (κ2) is 7.82. The topological polar surface area (TPSA) is 0 Å². The first kappa shape index (κ1) is 16.3. The van der Waals surface area contributed by atoms with E-state index < -0.39 is 0 Å². The number of allylic oxidation sites excluding steroid dienone is 2. The highest BCUT2D eigenvalue weighted by molar-refractivity contribution is 5.80. The fourth-order valence-corrected chi connectivity index (χ4v) is 4.06. The lowest BCUT2D eigenvalue weighted by Crippen LogP contribution is -1.99. The highest BCUT2D eigenvalue weighted by atomic mass is 14.3. The molecule has 0 heterocycles. The minimum absolute atomic E-state index is 0.711. The molecule has 1 aromatic carbocycles. The lowest BCUT2D eigenvalue weighted by Gasteiger charge is -2.16. The molecule has 116 valence electrons. The van der Waals surface area contributed by atoms with Crippen molar-refractivity contribution in [3.8, 4) is 0 Å². The Hall–Kier alpha value is -1.04. The van der Waals surface area contributed by atoms with Gasteiger partial charge in [-0.2, -0.15) is 0 Å². The Morgan fingerprint density at radius 3 is 2.14 bits per heavy atom. The number of aryl methyl sites for hydroxylation is 1. The number of fused-ring (bicyclic) bond motifs is 1. The molecule has 2 rings (SSSR count). The van der Waals surface area contributed by atoms with Crippen LogP contribution in [0.3, 0.4) is 0 Å². The van der Waals surface area contributed by atoms with Crippen LogP contribution in [0.25, 0.3) is 5.57 Å². The number of benzene rings is 1. The van der Waals surface area contributed by atoms with Crippen LogP contribution in [-0.4, -0.2) is 0 Å². The normalized spacial score (nSPS) is 17.4. The van der Waals surface area contributed by atoms with Crippen molar-refractivity contribution in [2.24, 2.45) is 0 Å². The molecule has 0 radical (unpaired) electrons. The van der Waals surface area contributed by atoms with E-state index in [0.29, 0.717) is 5.92 Å². The summed E-state index contributed by atoms with van der Waals surface area (Å²) in [6.07, 6.45) is 10.2. The molecular formula is C21H32. The number of hydrogen-bond donors (Lipinski definition) is 0. The summed E-state index contributed by atoms with van der Waals surface area (Å²) in [5, 5.41) is 0. The molecule has 21 heavy (non-hydrogen) atoms. The van der Waals surface area contributed by atoms with E-state index in [4.69, 9.17) is 0 Å². The van der Waals surface area contributed by atoms with Crippen LogP contribution in [0.1, 0.15) is 95.2 Å². The van der Waals surface area contributed by atoms with Gasteiger partial charge >= 0.3 is 0 Å². The Balaban J connectivity index is 2.54. The molecule has 1 aliphatic carbocycles. The molecule has 0 saturated carbocycles. The van der Waals surface area contributed by atoms with Gasteiger partial charge in [0.05, 0.1) is 0 Å². The zero-order chi connectivity index (χ0) is 15.2. The summed E-state index contributed by atoms with van der Waals surface area (Å²) in [4.78, 5) is 0. The molecule has 1 aromatic rings. The van der Waals surface area contributed by atoms with E-state index >= 15 is 0 Å². The number of rotatable bonds is 8. The van der Waals surface area contributed by atoms with Gasteiger partial charge in [0.2, 0.25) is 0 Å². The summed E-state index contributed by atoms with van der Waals surface area (Å²) < 4.78 is 0. The molecule has 0 saturated heterocycles. The van der Waals surface area contributed by atoms with E-state index in [1.165, 1.54) is 51.4 Å². The monoisotopic (exact) mass is 284 g/mol. The van der Waals surface area contributed by atoms with Crippen molar-refractivity contribution in [3.05, 3.63) is 40.5 Å². The second-order valence-electron chi connectivity index (χ2n) is 6.48. The van der Waals surface area contributed by atoms with Crippen LogP contribution >= 0.6 is 0 Å². The molecule has 0 amide bonds. The highest BCUT2D eigenvalue weighted by Gasteiger charge is 2.30. The lowest BCUT2D eigenvalue weighted by molar-refractivity contribution is 0.664. The van der Waals surface area contributed by atoms with Gasteiger partial charge in [0.25, 0.3) is 0 Å². The zero-order valence-electron chi connectivity index (χ0n) is 14.5. The first-order valence-corrected chi connectivity index (χ1v) is 9.12. The molecule has 0 spiro atoms. The van der Waals surface area contributed by atoms with E-state index in [1.807, 2.05) is 0 Å². The Bertz CT molecular complexity index is 493. The van der Waals surface area contributed by atoms with Crippen LogP contribution in [0.4, 0.5) is 0 Å². The first-order chi connectivity index (χ1) is 10.3. The van der Waals surface area contributed by atoms with Crippen molar-refractivity contribution in [2.75, 3.05) is 0 Å². The third-order valence-corrected chi connectivity index (χ3v) is 4.78. The predicted octanol–water partition coefficient (Wildman–Crippen LogP) is 6.89. The minimum atomic E-state index is 0.711. The molecule has 1 atom stereocenters. The molecular weight excluding hydrogens is 252 g/mol. The summed E-state index contributed by atoms with van der Waals surface area (Å²) in [7, 11) is 0. The summed E-state index contributed by atoms with van der Waals surface area (Å²) in [6, 6.07) is 7.08. The Kier molecular flexibility index (Phi) is 6.08. The fourth-order valence-electron chi connectivity index (χ4n) is 4.06. The van der Waals surface area contributed by atoms with Gasteiger partial charge in [-0.15, -0.1) is 0 Å². The van der Waals surface area contributed by atoms with Gasteiger partial charge in [0.1, 0.15) is 0 Å². The second-order valence-corrected chi connectivity index (χ2v) is 6.48. The fraction of sp³-hybridized carbons (Fsp3) is 0.619. The zero-order valence-corrected chi connectivity index (χ0v) is 14.5. The van der Waals surface area contributed by atoms with Crippen molar-refractivity contribution in [3.63, 3.8) is 0 Å². The SMILES string of the molecule is CCCC1=C(CCC)C(CCC)c2cccc(CCC)c21. The van der Waals surface area contributed by atoms with Crippen molar-refractivity contribution in [1.29, 1.82) is 0 Å². The standard InChI is InChI=1S/C21H32/c1-5-10-16-14-9-15-20-18(12-7-3)17(11-6-2)19(13-8-4)21(16)20/h9,14-15,18H,5-8,10-13H2,1-4H3. The van der Waals surface area contributed by atoms with Crippen molar-refractivity contribution >= 4 is 5.57 Å². The average Bonchev–Trinajstić information content (AvgIpc) is 2.77. The third kappa shape index (κ3) is 3.25. The maximum atomic E-state index is 2.41. The maximum absolute atomic E-state index is 2.41. The summed E-state index contributed by atoms with van der Waals surface area (Å²) in [5.74, 6) is 0.711. The van der Waals surface area contributed by atoms with E-state index in [-0.39, 0.29) is 0 Å². The summed E-state index contributed by atoms with van der Waals surface area (Å²) >= 11 is 0. The minimum Gasteiger partial charge on any atom is -0.0653 e. The van der Waals surface area contributed by atoms with Crippen LogP contribution in [0, 0.1) is 0 Å². The molecule has 0 fully saturated rings. The van der Waals surface area contributed by atoms with Crippen LogP contribution < -0.4 is 0 Å².